The summed E-state index contributed by atoms with van der Waals surface area (Å²) in [5.74, 6) is -0.872. The third-order valence-corrected chi connectivity index (χ3v) is 3.40. The van der Waals surface area contributed by atoms with Crippen LogP contribution in [0.15, 0.2) is 24.4 Å². The van der Waals surface area contributed by atoms with Crippen LogP contribution in [0.3, 0.4) is 0 Å². The van der Waals surface area contributed by atoms with Gasteiger partial charge in [-0.1, -0.05) is 6.08 Å². The molecule has 0 spiro atoms. The molecule has 0 saturated carbocycles. The molecule has 1 aliphatic heterocycles. The SMILES string of the molecule is COC(=O)/C=C/CNC(=O)c1c[nH]c(C(=O)N2CCCC2)c1. The average Bonchev–Trinajstić information content (AvgIpc) is 3.21. The van der Waals surface area contributed by atoms with Crippen LogP contribution in [0, 0.1) is 0 Å². The van der Waals surface area contributed by atoms with Gasteiger partial charge in [0, 0.05) is 31.9 Å². The van der Waals surface area contributed by atoms with Crippen molar-refractivity contribution in [3.05, 3.63) is 35.7 Å². The van der Waals surface area contributed by atoms with Gasteiger partial charge in [0.05, 0.1) is 12.7 Å². The molecule has 1 aromatic heterocycles. The standard InChI is InChI=1S/C15H19N3O4/c1-22-13(19)5-4-6-16-14(20)11-9-12(17-10-11)15(21)18-7-2-3-8-18/h4-5,9-10,17H,2-3,6-8H2,1H3,(H,16,20)/b5-4+. The number of rotatable bonds is 5. The van der Waals surface area contributed by atoms with Gasteiger partial charge in [-0.25, -0.2) is 4.79 Å². The highest BCUT2D eigenvalue weighted by Crippen LogP contribution is 2.13. The third-order valence-electron chi connectivity index (χ3n) is 3.40. The zero-order chi connectivity index (χ0) is 15.9. The van der Waals surface area contributed by atoms with Crippen molar-refractivity contribution in [2.24, 2.45) is 0 Å². The van der Waals surface area contributed by atoms with Crippen LogP contribution in [0.1, 0.15) is 33.7 Å². The molecule has 7 nitrogen and oxygen atoms in total. The van der Waals surface area contributed by atoms with E-state index in [0.29, 0.717) is 11.3 Å². The van der Waals surface area contributed by atoms with Gasteiger partial charge in [-0.05, 0) is 18.9 Å². The highest BCUT2D eigenvalue weighted by atomic mass is 16.5. The summed E-state index contributed by atoms with van der Waals surface area (Å²) in [5, 5.41) is 2.62. The normalized spacial score (nSPS) is 14.3. The number of methoxy groups -OCH3 is 1. The van der Waals surface area contributed by atoms with E-state index in [1.54, 1.807) is 11.0 Å². The molecule has 0 aliphatic carbocycles. The minimum atomic E-state index is -0.477. The summed E-state index contributed by atoms with van der Waals surface area (Å²) in [6.45, 7) is 1.73. The predicted molar refractivity (Wildman–Crippen MR) is 79.4 cm³/mol. The van der Waals surface area contributed by atoms with Crippen molar-refractivity contribution in [3.63, 3.8) is 0 Å². The topological polar surface area (TPSA) is 91.5 Å². The van der Waals surface area contributed by atoms with E-state index in [1.165, 1.54) is 25.5 Å². The van der Waals surface area contributed by atoms with Gasteiger partial charge in [-0.15, -0.1) is 0 Å². The highest BCUT2D eigenvalue weighted by Gasteiger charge is 2.21. The second-order valence-electron chi connectivity index (χ2n) is 4.94. The molecule has 1 aromatic rings. The Kier molecular flexibility index (Phi) is 5.35. The Bertz CT molecular complexity index is 585. The number of carbonyl (C=O) groups is 3. The summed E-state index contributed by atoms with van der Waals surface area (Å²) in [5.41, 5.74) is 0.797. The lowest BCUT2D eigenvalue weighted by molar-refractivity contribution is -0.134. The molecule has 22 heavy (non-hydrogen) atoms. The first-order valence-electron chi connectivity index (χ1n) is 7.12. The number of ether oxygens (including phenoxy) is 1. The summed E-state index contributed by atoms with van der Waals surface area (Å²) < 4.78 is 4.43. The van der Waals surface area contributed by atoms with Crippen molar-refractivity contribution in [2.45, 2.75) is 12.8 Å². The molecule has 0 unspecified atom stereocenters. The van der Waals surface area contributed by atoms with Crippen molar-refractivity contribution in [1.29, 1.82) is 0 Å². The minimum absolute atomic E-state index is 0.0814. The number of nitrogens with zero attached hydrogens (tertiary/aromatic N) is 1. The van der Waals surface area contributed by atoms with Crippen molar-refractivity contribution in [2.75, 3.05) is 26.7 Å². The zero-order valence-corrected chi connectivity index (χ0v) is 12.4. The average molecular weight is 305 g/mol. The maximum atomic E-state index is 12.2. The number of H-pyrrole nitrogens is 1. The first kappa shape index (κ1) is 15.8. The van der Waals surface area contributed by atoms with Gasteiger partial charge in [0.25, 0.3) is 11.8 Å². The molecule has 118 valence electrons. The zero-order valence-electron chi connectivity index (χ0n) is 12.4. The van der Waals surface area contributed by atoms with Gasteiger partial charge in [0.1, 0.15) is 5.69 Å². The molecule has 0 aromatic carbocycles. The number of hydrogen-bond donors (Lipinski definition) is 2. The van der Waals surface area contributed by atoms with Crippen molar-refractivity contribution >= 4 is 17.8 Å². The number of esters is 1. The number of hydrogen-bond acceptors (Lipinski definition) is 4. The maximum Gasteiger partial charge on any atom is 0.330 e. The Morgan fingerprint density at radius 3 is 2.77 bits per heavy atom. The van der Waals surface area contributed by atoms with Crippen molar-refractivity contribution in [1.82, 2.24) is 15.2 Å². The van der Waals surface area contributed by atoms with Crippen LogP contribution < -0.4 is 5.32 Å². The fraction of sp³-hybridized carbons (Fsp3) is 0.400. The van der Waals surface area contributed by atoms with E-state index in [4.69, 9.17) is 0 Å². The number of nitrogens with one attached hydrogen (secondary N) is 2. The van der Waals surface area contributed by atoms with Crippen molar-refractivity contribution < 1.29 is 19.1 Å². The Morgan fingerprint density at radius 2 is 2.09 bits per heavy atom. The Labute approximate surface area is 128 Å². The molecule has 7 heteroatoms. The van der Waals surface area contributed by atoms with Crippen LogP contribution in [0.4, 0.5) is 0 Å². The second-order valence-corrected chi connectivity index (χ2v) is 4.94. The van der Waals surface area contributed by atoms with Gasteiger partial charge < -0.3 is 19.9 Å². The quantitative estimate of drug-likeness (QED) is 0.619. The van der Waals surface area contributed by atoms with Crippen molar-refractivity contribution in [3.8, 4) is 0 Å². The van der Waals surface area contributed by atoms with Gasteiger partial charge >= 0.3 is 5.97 Å². The van der Waals surface area contributed by atoms with E-state index >= 15 is 0 Å². The van der Waals surface area contributed by atoms with Gasteiger partial charge in [-0.3, -0.25) is 9.59 Å². The number of aromatic nitrogens is 1. The second kappa shape index (κ2) is 7.44. The van der Waals surface area contributed by atoms with Gasteiger partial charge in [-0.2, -0.15) is 0 Å². The monoisotopic (exact) mass is 305 g/mol. The van der Waals surface area contributed by atoms with E-state index in [9.17, 15) is 14.4 Å². The van der Waals surface area contributed by atoms with Crippen LogP contribution in [0.25, 0.3) is 0 Å². The van der Waals surface area contributed by atoms with Gasteiger partial charge in [0.15, 0.2) is 0 Å². The molecular weight excluding hydrogens is 286 g/mol. The van der Waals surface area contributed by atoms with Crippen LogP contribution >= 0.6 is 0 Å². The van der Waals surface area contributed by atoms with E-state index < -0.39 is 5.97 Å². The molecule has 1 fully saturated rings. The number of amides is 2. The molecule has 0 radical (unpaired) electrons. The molecular formula is C15H19N3O4. The fourth-order valence-electron chi connectivity index (χ4n) is 2.22. The number of aromatic amines is 1. The largest absolute Gasteiger partial charge is 0.466 e. The lowest BCUT2D eigenvalue weighted by Gasteiger charge is -2.13. The highest BCUT2D eigenvalue weighted by molar-refractivity contribution is 5.99. The van der Waals surface area contributed by atoms with Crippen LogP contribution in [0.2, 0.25) is 0 Å². The molecule has 2 amide bonds. The summed E-state index contributed by atoms with van der Waals surface area (Å²) in [4.78, 5) is 39.5. The van der Waals surface area contributed by atoms with Crippen LogP contribution in [-0.4, -0.2) is 54.4 Å². The number of carbonyl (C=O) groups excluding carboxylic acids is 3. The molecule has 0 atom stereocenters. The molecule has 2 rings (SSSR count). The summed E-state index contributed by atoms with van der Waals surface area (Å²) in [6.07, 6.45) is 6.27. The minimum Gasteiger partial charge on any atom is -0.466 e. The van der Waals surface area contributed by atoms with Crippen LogP contribution in [0.5, 0.6) is 0 Å². The maximum absolute atomic E-state index is 12.2. The summed E-state index contributed by atoms with van der Waals surface area (Å²) in [7, 11) is 1.28. The van der Waals surface area contributed by atoms with E-state index in [2.05, 4.69) is 15.0 Å². The fourth-order valence-corrected chi connectivity index (χ4v) is 2.22. The molecule has 1 aliphatic rings. The van der Waals surface area contributed by atoms with E-state index in [0.717, 1.165) is 25.9 Å². The summed E-state index contributed by atoms with van der Waals surface area (Å²) in [6, 6.07) is 1.54. The first-order chi connectivity index (χ1) is 10.6. The molecule has 0 bridgehead atoms. The first-order valence-corrected chi connectivity index (χ1v) is 7.12. The Balaban J connectivity index is 1.87. The summed E-state index contributed by atoms with van der Waals surface area (Å²) >= 11 is 0. The lowest BCUT2D eigenvalue weighted by Crippen LogP contribution is -2.27. The number of likely N-dealkylation sites (tertiary alicyclic amines) is 1. The Morgan fingerprint density at radius 1 is 1.36 bits per heavy atom. The smallest absolute Gasteiger partial charge is 0.330 e. The predicted octanol–water partition coefficient (Wildman–Crippen LogP) is 0.710. The molecule has 1 saturated heterocycles. The molecule has 2 heterocycles. The van der Waals surface area contributed by atoms with E-state index in [1.807, 2.05) is 0 Å². The lowest BCUT2D eigenvalue weighted by atomic mass is 10.2. The van der Waals surface area contributed by atoms with Gasteiger partial charge in [0.2, 0.25) is 0 Å². The third kappa shape index (κ3) is 3.97. The Hall–Kier alpha value is -2.57. The molecule has 2 N–H and O–H groups in total. The van der Waals surface area contributed by atoms with Crippen LogP contribution in [-0.2, 0) is 9.53 Å². The van der Waals surface area contributed by atoms with E-state index in [-0.39, 0.29) is 18.4 Å².